The van der Waals surface area contributed by atoms with Crippen molar-refractivity contribution in [3.8, 4) is 0 Å². The van der Waals surface area contributed by atoms with E-state index in [9.17, 15) is 22.8 Å². The molecule has 0 aliphatic carbocycles. The molecule has 144 valence electrons. The second-order valence-electron chi connectivity index (χ2n) is 6.48. The largest absolute Gasteiger partial charge is 0.408 e. The number of hydrogen-bond donors (Lipinski definition) is 1. The summed E-state index contributed by atoms with van der Waals surface area (Å²) >= 11 is 0. The van der Waals surface area contributed by atoms with Gasteiger partial charge < -0.3 is 10.2 Å². The minimum atomic E-state index is -4.57. The molecule has 0 spiro atoms. The predicted molar refractivity (Wildman–Crippen MR) is 92.1 cm³/mol. The normalized spacial score (nSPS) is 15.2. The Kier molecular flexibility index (Phi) is 5.20. The molecule has 1 N–H and O–H groups in total. The van der Waals surface area contributed by atoms with Gasteiger partial charge in [-0.3, -0.25) is 4.79 Å². The number of benzene rings is 1. The molecule has 3 rings (SSSR count). The lowest BCUT2D eigenvalue weighted by atomic mass is 10.1. The lowest BCUT2D eigenvalue weighted by Gasteiger charge is -2.31. The molecule has 1 aliphatic heterocycles. The fourth-order valence-electron chi connectivity index (χ4n) is 3.01. The molecule has 0 fully saturated rings. The van der Waals surface area contributed by atoms with Gasteiger partial charge in [-0.25, -0.2) is 9.48 Å². The van der Waals surface area contributed by atoms with E-state index in [2.05, 4.69) is 10.4 Å². The average Bonchev–Trinajstić information content (AvgIpc) is 2.62. The smallest absolute Gasteiger partial charge is 0.326 e. The van der Waals surface area contributed by atoms with E-state index >= 15 is 0 Å². The maximum absolute atomic E-state index is 13.4. The van der Waals surface area contributed by atoms with Gasteiger partial charge >= 0.3 is 12.2 Å². The molecule has 1 aliphatic rings. The van der Waals surface area contributed by atoms with E-state index in [1.54, 1.807) is 30.3 Å². The van der Waals surface area contributed by atoms with E-state index in [0.29, 0.717) is 23.2 Å². The van der Waals surface area contributed by atoms with Crippen LogP contribution in [0.3, 0.4) is 0 Å². The number of fused-ring (bicyclic) bond motifs is 1. The minimum absolute atomic E-state index is 0.0557. The van der Waals surface area contributed by atoms with Gasteiger partial charge in [-0.05, 0) is 5.56 Å². The molecule has 1 aromatic carbocycles. The van der Waals surface area contributed by atoms with Crippen molar-refractivity contribution in [1.82, 2.24) is 20.0 Å². The van der Waals surface area contributed by atoms with Crippen LogP contribution in [0.1, 0.15) is 16.8 Å². The van der Waals surface area contributed by atoms with E-state index in [-0.39, 0.29) is 25.1 Å². The van der Waals surface area contributed by atoms with Crippen molar-refractivity contribution < 1.29 is 18.0 Å². The van der Waals surface area contributed by atoms with Crippen molar-refractivity contribution in [1.29, 1.82) is 0 Å². The maximum atomic E-state index is 13.4. The first kappa shape index (κ1) is 18.9. The SMILES string of the molecule is Cn1nc2c(cc1=O)CN(C(=O)NC(Cc1ccccc1)C(F)(F)F)CC2. The van der Waals surface area contributed by atoms with E-state index in [4.69, 9.17) is 0 Å². The second-order valence-corrected chi connectivity index (χ2v) is 6.48. The Labute approximate surface area is 153 Å². The third-order valence-corrected chi connectivity index (χ3v) is 4.50. The molecule has 1 atom stereocenters. The summed E-state index contributed by atoms with van der Waals surface area (Å²) in [6, 6.07) is 6.77. The molecule has 2 aromatic rings. The van der Waals surface area contributed by atoms with Gasteiger partial charge in [-0.1, -0.05) is 30.3 Å². The molecule has 9 heteroatoms. The predicted octanol–water partition coefficient (Wildman–Crippen LogP) is 2.02. The van der Waals surface area contributed by atoms with Gasteiger partial charge in [-0.15, -0.1) is 0 Å². The van der Waals surface area contributed by atoms with Crippen molar-refractivity contribution in [2.75, 3.05) is 6.54 Å². The number of halogens is 3. The summed E-state index contributed by atoms with van der Waals surface area (Å²) in [5.41, 5.74) is 1.40. The fourth-order valence-corrected chi connectivity index (χ4v) is 3.01. The summed E-state index contributed by atoms with van der Waals surface area (Å²) in [7, 11) is 1.53. The molecular formula is C18H19F3N4O2. The molecular weight excluding hydrogens is 361 g/mol. The van der Waals surface area contributed by atoms with Gasteiger partial charge in [0.05, 0.1) is 5.69 Å². The molecule has 0 bridgehead atoms. The highest BCUT2D eigenvalue weighted by Crippen LogP contribution is 2.24. The number of aromatic nitrogens is 2. The lowest BCUT2D eigenvalue weighted by molar-refractivity contribution is -0.153. The lowest BCUT2D eigenvalue weighted by Crippen LogP contribution is -2.52. The molecule has 0 radical (unpaired) electrons. The first-order valence-corrected chi connectivity index (χ1v) is 8.46. The Morgan fingerprint density at radius 1 is 1.30 bits per heavy atom. The minimum Gasteiger partial charge on any atom is -0.326 e. The molecule has 27 heavy (non-hydrogen) atoms. The van der Waals surface area contributed by atoms with Crippen molar-refractivity contribution >= 4 is 6.03 Å². The number of nitrogens with one attached hydrogen (secondary N) is 1. The fraction of sp³-hybridized carbons (Fsp3) is 0.389. The third kappa shape index (κ3) is 4.47. The first-order chi connectivity index (χ1) is 12.7. The second kappa shape index (κ2) is 7.42. The van der Waals surface area contributed by atoms with E-state index < -0.39 is 18.2 Å². The highest BCUT2D eigenvalue weighted by Gasteiger charge is 2.41. The van der Waals surface area contributed by atoms with E-state index in [0.717, 1.165) is 0 Å². The zero-order chi connectivity index (χ0) is 19.6. The number of rotatable bonds is 3. The Balaban J connectivity index is 1.72. The van der Waals surface area contributed by atoms with Crippen molar-refractivity contribution in [2.45, 2.75) is 31.6 Å². The third-order valence-electron chi connectivity index (χ3n) is 4.50. The summed E-state index contributed by atoms with van der Waals surface area (Å²) in [5, 5.41) is 6.22. The van der Waals surface area contributed by atoms with E-state index in [1.807, 2.05) is 0 Å². The number of carbonyl (C=O) groups is 1. The van der Waals surface area contributed by atoms with Gasteiger partial charge in [0.1, 0.15) is 6.04 Å². The summed E-state index contributed by atoms with van der Waals surface area (Å²) in [6.45, 7) is 0.292. The number of nitrogens with zero attached hydrogens (tertiary/aromatic N) is 3. The Morgan fingerprint density at radius 3 is 2.67 bits per heavy atom. The van der Waals surface area contributed by atoms with Crippen molar-refractivity contribution in [3.63, 3.8) is 0 Å². The number of alkyl halides is 3. The zero-order valence-corrected chi connectivity index (χ0v) is 14.7. The number of aryl methyl sites for hydroxylation is 1. The van der Waals surface area contributed by atoms with Gasteiger partial charge in [-0.2, -0.15) is 18.3 Å². The van der Waals surface area contributed by atoms with Crippen LogP contribution in [0.15, 0.2) is 41.2 Å². The van der Waals surface area contributed by atoms with Crippen LogP contribution in [-0.2, 0) is 26.4 Å². The van der Waals surface area contributed by atoms with Crippen LogP contribution < -0.4 is 10.9 Å². The molecule has 6 nitrogen and oxygen atoms in total. The highest BCUT2D eigenvalue weighted by atomic mass is 19.4. The van der Waals surface area contributed by atoms with Crippen molar-refractivity contribution in [2.24, 2.45) is 7.05 Å². The summed E-state index contributed by atoms with van der Waals surface area (Å²) in [4.78, 5) is 25.4. The quantitative estimate of drug-likeness (QED) is 0.886. The number of carbonyl (C=O) groups excluding carboxylic acids is 1. The highest BCUT2D eigenvalue weighted by molar-refractivity contribution is 5.75. The number of urea groups is 1. The Morgan fingerprint density at radius 2 is 2.00 bits per heavy atom. The van der Waals surface area contributed by atoms with Crippen LogP contribution in [0.25, 0.3) is 0 Å². The average molecular weight is 380 g/mol. The first-order valence-electron chi connectivity index (χ1n) is 8.46. The molecule has 1 aromatic heterocycles. The standard InChI is InChI=1S/C18H19F3N4O2/c1-24-16(26)10-13-11-25(8-7-14(13)23-24)17(27)22-15(18(19,20)21)9-12-5-3-2-4-6-12/h2-6,10,15H,7-9,11H2,1H3,(H,22,27). The van der Waals surface area contributed by atoms with Crippen LogP contribution in [0.2, 0.25) is 0 Å². The molecule has 2 amide bonds. The molecule has 0 saturated carbocycles. The van der Waals surface area contributed by atoms with Crippen molar-refractivity contribution in [3.05, 3.63) is 63.6 Å². The molecule has 1 unspecified atom stereocenters. The zero-order valence-electron chi connectivity index (χ0n) is 14.7. The monoisotopic (exact) mass is 380 g/mol. The van der Waals surface area contributed by atoms with Crippen LogP contribution >= 0.6 is 0 Å². The summed E-state index contributed by atoms with van der Waals surface area (Å²) in [5.74, 6) is 0. The van der Waals surface area contributed by atoms with Crippen LogP contribution in [0, 0.1) is 0 Å². The van der Waals surface area contributed by atoms with Crippen LogP contribution in [-0.4, -0.2) is 39.5 Å². The summed E-state index contributed by atoms with van der Waals surface area (Å²) in [6.07, 6.45) is -4.54. The Hall–Kier alpha value is -2.84. The number of amides is 2. The maximum Gasteiger partial charge on any atom is 0.408 e. The van der Waals surface area contributed by atoms with Crippen LogP contribution in [0.5, 0.6) is 0 Å². The van der Waals surface area contributed by atoms with Gasteiger partial charge in [0.2, 0.25) is 0 Å². The summed E-state index contributed by atoms with van der Waals surface area (Å²) < 4.78 is 41.3. The molecule has 0 saturated heterocycles. The number of hydrogen-bond acceptors (Lipinski definition) is 3. The topological polar surface area (TPSA) is 67.2 Å². The van der Waals surface area contributed by atoms with E-state index in [1.165, 1.54) is 22.7 Å². The van der Waals surface area contributed by atoms with Gasteiger partial charge in [0.15, 0.2) is 0 Å². The Bertz CT molecular complexity index is 880. The molecule has 2 heterocycles. The van der Waals surface area contributed by atoms with Crippen LogP contribution in [0.4, 0.5) is 18.0 Å². The van der Waals surface area contributed by atoms with Gasteiger partial charge in [0, 0.05) is 44.6 Å². The van der Waals surface area contributed by atoms with Gasteiger partial charge in [0.25, 0.3) is 5.56 Å².